The van der Waals surface area contributed by atoms with E-state index in [1.807, 2.05) is 0 Å². The predicted octanol–water partition coefficient (Wildman–Crippen LogP) is 2.72. The molecule has 2 heterocycles. The molecule has 0 unspecified atom stereocenters. The molecule has 2 aliphatic heterocycles. The van der Waals surface area contributed by atoms with E-state index in [0.29, 0.717) is 0 Å². The summed E-state index contributed by atoms with van der Waals surface area (Å²) in [6, 6.07) is 4.76. The summed E-state index contributed by atoms with van der Waals surface area (Å²) in [6.07, 6.45) is 3.14. The summed E-state index contributed by atoms with van der Waals surface area (Å²) >= 11 is 0. The number of rotatable bonds is 3. The van der Waals surface area contributed by atoms with Crippen molar-refractivity contribution in [3.05, 3.63) is 34.4 Å². The maximum Gasteiger partial charge on any atom is 0.255 e. The zero-order valence-electron chi connectivity index (χ0n) is 12.2. The van der Waals surface area contributed by atoms with Crippen LogP contribution in [-0.4, -0.2) is 30.4 Å². The molecular formula is C16H23ClN2O. The molecule has 1 aromatic carbocycles. The van der Waals surface area contributed by atoms with Crippen LogP contribution in [0, 0.1) is 0 Å². The van der Waals surface area contributed by atoms with Gasteiger partial charge in [-0.1, -0.05) is 32.4 Å². The molecule has 1 aromatic rings. The van der Waals surface area contributed by atoms with Crippen molar-refractivity contribution in [3.8, 4) is 0 Å². The van der Waals surface area contributed by atoms with Crippen LogP contribution in [-0.2, 0) is 12.8 Å². The summed E-state index contributed by atoms with van der Waals surface area (Å²) < 4.78 is 0. The Bertz CT molecular complexity index is 515. The van der Waals surface area contributed by atoms with Gasteiger partial charge in [0, 0.05) is 25.2 Å². The van der Waals surface area contributed by atoms with E-state index in [1.54, 1.807) is 0 Å². The lowest BCUT2D eigenvalue weighted by atomic mass is 9.93. The second-order valence-corrected chi connectivity index (χ2v) is 5.54. The number of nitrogens with zero attached hydrogens (tertiary/aromatic N) is 1. The maximum atomic E-state index is 12.6. The van der Waals surface area contributed by atoms with Crippen molar-refractivity contribution in [2.75, 3.05) is 19.6 Å². The van der Waals surface area contributed by atoms with Gasteiger partial charge in [0.1, 0.15) is 0 Å². The van der Waals surface area contributed by atoms with Gasteiger partial charge in [-0.2, -0.15) is 0 Å². The van der Waals surface area contributed by atoms with Crippen LogP contribution in [0.15, 0.2) is 12.1 Å². The zero-order valence-corrected chi connectivity index (χ0v) is 13.1. The van der Waals surface area contributed by atoms with E-state index in [2.05, 4.69) is 36.2 Å². The number of hydrogen-bond acceptors (Lipinski definition) is 2. The number of benzene rings is 1. The SMILES string of the molecule is CCCc1cc(CC)cc2c1C(=O)N1CCNC[C@@H]21.Cl. The fourth-order valence-electron chi connectivity index (χ4n) is 3.36. The average molecular weight is 295 g/mol. The van der Waals surface area contributed by atoms with Gasteiger partial charge < -0.3 is 10.2 Å². The molecule has 0 saturated carbocycles. The molecule has 3 nitrogen and oxygen atoms in total. The van der Waals surface area contributed by atoms with E-state index < -0.39 is 0 Å². The van der Waals surface area contributed by atoms with E-state index in [0.717, 1.165) is 44.5 Å². The van der Waals surface area contributed by atoms with Crippen LogP contribution in [0.5, 0.6) is 0 Å². The second kappa shape index (κ2) is 6.15. The third kappa shape index (κ3) is 2.33. The van der Waals surface area contributed by atoms with Gasteiger partial charge in [-0.25, -0.2) is 0 Å². The van der Waals surface area contributed by atoms with Crippen LogP contribution in [0.25, 0.3) is 0 Å². The minimum Gasteiger partial charge on any atom is -0.329 e. The number of aryl methyl sites for hydroxylation is 2. The van der Waals surface area contributed by atoms with Gasteiger partial charge in [0.05, 0.1) is 6.04 Å². The smallest absolute Gasteiger partial charge is 0.255 e. The Morgan fingerprint density at radius 2 is 2.15 bits per heavy atom. The highest BCUT2D eigenvalue weighted by Crippen LogP contribution is 2.37. The van der Waals surface area contributed by atoms with E-state index in [4.69, 9.17) is 0 Å². The third-order valence-corrected chi connectivity index (χ3v) is 4.32. The number of fused-ring (bicyclic) bond motifs is 3. The van der Waals surface area contributed by atoms with Gasteiger partial charge in [0.2, 0.25) is 0 Å². The number of nitrogens with one attached hydrogen (secondary N) is 1. The first-order valence-corrected chi connectivity index (χ1v) is 7.43. The summed E-state index contributed by atoms with van der Waals surface area (Å²) in [7, 11) is 0. The highest BCUT2D eigenvalue weighted by molar-refractivity contribution is 6.01. The Labute approximate surface area is 127 Å². The number of carbonyl (C=O) groups is 1. The largest absolute Gasteiger partial charge is 0.329 e. The van der Waals surface area contributed by atoms with Gasteiger partial charge in [-0.3, -0.25) is 4.79 Å². The number of hydrogen-bond donors (Lipinski definition) is 1. The molecule has 1 fully saturated rings. The second-order valence-electron chi connectivity index (χ2n) is 5.54. The van der Waals surface area contributed by atoms with Crippen molar-refractivity contribution in [1.82, 2.24) is 10.2 Å². The maximum absolute atomic E-state index is 12.6. The van der Waals surface area contributed by atoms with E-state index in [9.17, 15) is 4.79 Å². The summed E-state index contributed by atoms with van der Waals surface area (Å²) in [6.45, 7) is 7.02. The van der Waals surface area contributed by atoms with Crippen molar-refractivity contribution in [2.24, 2.45) is 0 Å². The lowest BCUT2D eigenvalue weighted by Gasteiger charge is -2.30. The summed E-state index contributed by atoms with van der Waals surface area (Å²) in [4.78, 5) is 14.7. The topological polar surface area (TPSA) is 32.3 Å². The first-order valence-electron chi connectivity index (χ1n) is 7.43. The molecule has 1 atom stereocenters. The van der Waals surface area contributed by atoms with Gasteiger partial charge in [0.25, 0.3) is 5.91 Å². The quantitative estimate of drug-likeness (QED) is 0.930. The molecule has 0 aromatic heterocycles. The lowest BCUT2D eigenvalue weighted by molar-refractivity contribution is 0.0690. The van der Waals surface area contributed by atoms with Gasteiger partial charge in [-0.05, 0) is 29.5 Å². The van der Waals surface area contributed by atoms with Crippen molar-refractivity contribution in [1.29, 1.82) is 0 Å². The van der Waals surface area contributed by atoms with Crippen molar-refractivity contribution < 1.29 is 4.79 Å². The van der Waals surface area contributed by atoms with Gasteiger partial charge in [-0.15, -0.1) is 12.4 Å². The van der Waals surface area contributed by atoms with Gasteiger partial charge >= 0.3 is 0 Å². The van der Waals surface area contributed by atoms with Crippen molar-refractivity contribution in [3.63, 3.8) is 0 Å². The van der Waals surface area contributed by atoms with Crippen LogP contribution in [0.3, 0.4) is 0 Å². The first kappa shape index (κ1) is 15.3. The Balaban J connectivity index is 0.00000147. The van der Waals surface area contributed by atoms with Crippen LogP contribution in [0.1, 0.15) is 53.4 Å². The predicted molar refractivity (Wildman–Crippen MR) is 83.7 cm³/mol. The lowest BCUT2D eigenvalue weighted by Crippen LogP contribution is -2.44. The van der Waals surface area contributed by atoms with Crippen molar-refractivity contribution >= 4 is 18.3 Å². The molecule has 1 saturated heterocycles. The summed E-state index contributed by atoms with van der Waals surface area (Å²) in [5.74, 6) is 0.257. The average Bonchev–Trinajstić information content (AvgIpc) is 2.73. The summed E-state index contributed by atoms with van der Waals surface area (Å²) in [5, 5.41) is 3.41. The number of carbonyl (C=O) groups excluding carboxylic acids is 1. The standard InChI is InChI=1S/C16H22N2O.ClH/c1-3-5-12-8-11(4-2)9-13-14-10-17-6-7-18(14)16(19)15(12)13;/h8-9,14,17H,3-7,10H2,1-2H3;1H/t14-;/m0./s1. The first-order chi connectivity index (χ1) is 9.26. The number of halogens is 1. The third-order valence-electron chi connectivity index (χ3n) is 4.32. The minimum absolute atomic E-state index is 0. The molecule has 1 amide bonds. The molecular weight excluding hydrogens is 272 g/mol. The van der Waals surface area contributed by atoms with Crippen LogP contribution >= 0.6 is 12.4 Å². The van der Waals surface area contributed by atoms with E-state index in [-0.39, 0.29) is 24.4 Å². The molecule has 0 bridgehead atoms. The zero-order chi connectivity index (χ0) is 13.4. The molecule has 3 rings (SSSR count). The minimum atomic E-state index is 0. The monoisotopic (exact) mass is 294 g/mol. The number of piperazine rings is 1. The molecule has 110 valence electrons. The van der Waals surface area contributed by atoms with Crippen LogP contribution in [0.2, 0.25) is 0 Å². The molecule has 4 heteroatoms. The molecule has 0 aliphatic carbocycles. The van der Waals surface area contributed by atoms with Crippen molar-refractivity contribution in [2.45, 2.75) is 39.2 Å². The normalized spacial score (nSPS) is 20.4. The molecule has 0 radical (unpaired) electrons. The number of amides is 1. The van der Waals surface area contributed by atoms with Crippen LogP contribution < -0.4 is 5.32 Å². The molecule has 0 spiro atoms. The molecule has 20 heavy (non-hydrogen) atoms. The Morgan fingerprint density at radius 3 is 2.85 bits per heavy atom. The Morgan fingerprint density at radius 1 is 1.35 bits per heavy atom. The Kier molecular flexibility index (Phi) is 4.71. The van der Waals surface area contributed by atoms with Gasteiger partial charge in [0.15, 0.2) is 0 Å². The molecule has 1 N–H and O–H groups in total. The fourth-order valence-corrected chi connectivity index (χ4v) is 3.36. The molecule has 2 aliphatic rings. The fraction of sp³-hybridized carbons (Fsp3) is 0.562. The van der Waals surface area contributed by atoms with E-state index >= 15 is 0 Å². The Hall–Kier alpha value is -1.06. The van der Waals surface area contributed by atoms with E-state index in [1.165, 1.54) is 16.7 Å². The summed E-state index contributed by atoms with van der Waals surface area (Å²) in [5.41, 5.74) is 4.89. The van der Waals surface area contributed by atoms with Crippen LogP contribution in [0.4, 0.5) is 0 Å². The highest BCUT2D eigenvalue weighted by Gasteiger charge is 2.39. The highest BCUT2D eigenvalue weighted by atomic mass is 35.5.